The normalized spacial score (nSPS) is 17.7. The van der Waals surface area contributed by atoms with Crippen LogP contribution in [0.1, 0.15) is 31.1 Å². The number of ether oxygens (including phenoxy) is 1. The van der Waals surface area contributed by atoms with Crippen LogP contribution in [-0.4, -0.2) is 28.6 Å². The molecule has 1 heterocycles. The van der Waals surface area contributed by atoms with Crippen molar-refractivity contribution in [1.82, 2.24) is 9.78 Å². The van der Waals surface area contributed by atoms with E-state index >= 15 is 0 Å². The van der Waals surface area contributed by atoms with Crippen molar-refractivity contribution in [3.05, 3.63) is 16.4 Å². The summed E-state index contributed by atoms with van der Waals surface area (Å²) in [5.41, 5.74) is 0.879. The van der Waals surface area contributed by atoms with E-state index in [4.69, 9.17) is 4.74 Å². The minimum atomic E-state index is -0.416. The molecule has 1 aromatic heterocycles. The molecule has 0 amide bonds. The summed E-state index contributed by atoms with van der Waals surface area (Å²) < 4.78 is 7.73. The fourth-order valence-corrected chi connectivity index (χ4v) is 2.40. The molecule has 1 atom stereocenters. The minimum absolute atomic E-state index is 0.416. The van der Waals surface area contributed by atoms with Gasteiger partial charge in [0.25, 0.3) is 0 Å². The molecule has 0 aromatic carbocycles. The summed E-state index contributed by atoms with van der Waals surface area (Å²) in [5, 5.41) is 14.4. The summed E-state index contributed by atoms with van der Waals surface area (Å²) in [4.78, 5) is 0. The SMILES string of the molecule is COCCn1ncc(Br)c1C(O)CC1CC1. The van der Waals surface area contributed by atoms with Gasteiger partial charge in [0.1, 0.15) is 0 Å². The first-order chi connectivity index (χ1) is 7.72. The Balaban J connectivity index is 2.06. The lowest BCUT2D eigenvalue weighted by Crippen LogP contribution is -2.13. The highest BCUT2D eigenvalue weighted by atomic mass is 79.9. The van der Waals surface area contributed by atoms with Crippen LogP contribution in [0.3, 0.4) is 0 Å². The van der Waals surface area contributed by atoms with Gasteiger partial charge < -0.3 is 9.84 Å². The van der Waals surface area contributed by atoms with E-state index in [1.807, 2.05) is 4.68 Å². The van der Waals surface area contributed by atoms with Gasteiger partial charge in [-0.1, -0.05) is 12.8 Å². The molecule has 0 aliphatic heterocycles. The third kappa shape index (κ3) is 2.84. The van der Waals surface area contributed by atoms with Crippen LogP contribution in [0.15, 0.2) is 10.7 Å². The summed E-state index contributed by atoms with van der Waals surface area (Å²) in [6.45, 7) is 1.29. The molecule has 1 fully saturated rings. The van der Waals surface area contributed by atoms with Crippen LogP contribution in [0.25, 0.3) is 0 Å². The highest BCUT2D eigenvalue weighted by Gasteiger charge is 2.28. The van der Waals surface area contributed by atoms with Crippen molar-refractivity contribution in [3.8, 4) is 0 Å². The second-order valence-corrected chi connectivity index (χ2v) is 5.14. The summed E-state index contributed by atoms with van der Waals surface area (Å²) in [5.74, 6) is 0.702. The Morgan fingerprint density at radius 3 is 3.06 bits per heavy atom. The van der Waals surface area contributed by atoms with Gasteiger partial charge in [-0.3, -0.25) is 4.68 Å². The Kier molecular flexibility index (Phi) is 4.00. The molecule has 90 valence electrons. The van der Waals surface area contributed by atoms with Crippen LogP contribution in [0.4, 0.5) is 0 Å². The van der Waals surface area contributed by atoms with Crippen LogP contribution >= 0.6 is 15.9 Å². The number of aliphatic hydroxyl groups excluding tert-OH is 1. The molecule has 1 aliphatic rings. The summed E-state index contributed by atoms with van der Waals surface area (Å²) in [6, 6.07) is 0. The maximum absolute atomic E-state index is 10.1. The van der Waals surface area contributed by atoms with Crippen molar-refractivity contribution >= 4 is 15.9 Å². The smallest absolute Gasteiger partial charge is 0.0970 e. The third-order valence-corrected chi connectivity index (χ3v) is 3.52. The summed E-state index contributed by atoms with van der Waals surface area (Å²) in [6.07, 6.45) is 4.67. The molecular formula is C11H17BrN2O2. The molecule has 2 rings (SSSR count). The van der Waals surface area contributed by atoms with Crippen LogP contribution in [0.2, 0.25) is 0 Å². The Hall–Kier alpha value is -0.390. The number of aliphatic hydroxyl groups is 1. The highest BCUT2D eigenvalue weighted by molar-refractivity contribution is 9.10. The van der Waals surface area contributed by atoms with Crippen molar-refractivity contribution in [3.63, 3.8) is 0 Å². The Morgan fingerprint density at radius 1 is 1.69 bits per heavy atom. The quantitative estimate of drug-likeness (QED) is 0.872. The first-order valence-electron chi connectivity index (χ1n) is 5.60. The predicted octanol–water partition coefficient (Wildman–Crippen LogP) is 2.13. The van der Waals surface area contributed by atoms with E-state index in [1.54, 1.807) is 13.3 Å². The van der Waals surface area contributed by atoms with Gasteiger partial charge in [-0.15, -0.1) is 0 Å². The van der Waals surface area contributed by atoms with Crippen LogP contribution in [-0.2, 0) is 11.3 Å². The van der Waals surface area contributed by atoms with E-state index in [0.29, 0.717) is 19.1 Å². The number of hydrogen-bond acceptors (Lipinski definition) is 3. The largest absolute Gasteiger partial charge is 0.387 e. The number of hydrogen-bond donors (Lipinski definition) is 1. The lowest BCUT2D eigenvalue weighted by atomic mass is 10.1. The molecule has 1 N–H and O–H groups in total. The van der Waals surface area contributed by atoms with Gasteiger partial charge in [0.2, 0.25) is 0 Å². The van der Waals surface area contributed by atoms with Crippen molar-refractivity contribution in [2.75, 3.05) is 13.7 Å². The van der Waals surface area contributed by atoms with Crippen molar-refractivity contribution in [1.29, 1.82) is 0 Å². The fraction of sp³-hybridized carbons (Fsp3) is 0.727. The monoisotopic (exact) mass is 288 g/mol. The minimum Gasteiger partial charge on any atom is -0.387 e. The molecule has 16 heavy (non-hydrogen) atoms. The van der Waals surface area contributed by atoms with E-state index in [9.17, 15) is 5.11 Å². The van der Waals surface area contributed by atoms with E-state index in [1.165, 1.54) is 12.8 Å². The lowest BCUT2D eigenvalue weighted by Gasteiger charge is -2.13. The standard InChI is InChI=1S/C11H17BrN2O2/c1-16-5-4-14-11(9(12)7-13-14)10(15)6-8-2-3-8/h7-8,10,15H,2-6H2,1H3. The third-order valence-electron chi connectivity index (χ3n) is 2.91. The fourth-order valence-electron chi connectivity index (χ4n) is 1.84. The van der Waals surface area contributed by atoms with Gasteiger partial charge in [0, 0.05) is 7.11 Å². The lowest BCUT2D eigenvalue weighted by molar-refractivity contribution is 0.140. The summed E-state index contributed by atoms with van der Waals surface area (Å²) >= 11 is 3.44. The van der Waals surface area contributed by atoms with Gasteiger partial charge in [0.15, 0.2) is 0 Å². The van der Waals surface area contributed by atoms with Crippen LogP contribution in [0.5, 0.6) is 0 Å². The molecule has 5 heteroatoms. The Morgan fingerprint density at radius 2 is 2.44 bits per heavy atom. The van der Waals surface area contributed by atoms with Gasteiger partial charge in [-0.25, -0.2) is 0 Å². The molecular weight excluding hydrogens is 272 g/mol. The number of methoxy groups -OCH3 is 1. The molecule has 0 spiro atoms. The molecule has 1 aromatic rings. The van der Waals surface area contributed by atoms with Crippen molar-refractivity contribution in [2.45, 2.75) is 31.9 Å². The zero-order chi connectivity index (χ0) is 11.5. The molecule has 0 saturated heterocycles. The van der Waals surface area contributed by atoms with E-state index in [0.717, 1.165) is 16.6 Å². The van der Waals surface area contributed by atoms with Gasteiger partial charge >= 0.3 is 0 Å². The Bertz CT molecular complexity index is 350. The molecule has 0 radical (unpaired) electrons. The van der Waals surface area contributed by atoms with E-state index in [2.05, 4.69) is 21.0 Å². The molecule has 1 unspecified atom stereocenters. The van der Waals surface area contributed by atoms with E-state index < -0.39 is 6.10 Å². The average Bonchev–Trinajstić information content (AvgIpc) is 2.98. The van der Waals surface area contributed by atoms with Gasteiger partial charge in [-0.2, -0.15) is 5.10 Å². The Labute approximate surface area is 104 Å². The van der Waals surface area contributed by atoms with Gasteiger partial charge in [0.05, 0.1) is 35.6 Å². The molecule has 4 nitrogen and oxygen atoms in total. The maximum Gasteiger partial charge on any atom is 0.0970 e. The van der Waals surface area contributed by atoms with Crippen LogP contribution < -0.4 is 0 Å². The van der Waals surface area contributed by atoms with Crippen molar-refractivity contribution < 1.29 is 9.84 Å². The van der Waals surface area contributed by atoms with Crippen molar-refractivity contribution in [2.24, 2.45) is 5.92 Å². The predicted molar refractivity (Wildman–Crippen MR) is 64.1 cm³/mol. The second-order valence-electron chi connectivity index (χ2n) is 4.29. The molecule has 0 bridgehead atoms. The molecule has 1 saturated carbocycles. The second kappa shape index (κ2) is 5.29. The highest BCUT2D eigenvalue weighted by Crippen LogP contribution is 2.38. The first kappa shape index (κ1) is 12.1. The maximum atomic E-state index is 10.1. The number of rotatable bonds is 6. The zero-order valence-corrected chi connectivity index (χ0v) is 11.0. The number of nitrogens with zero attached hydrogens (tertiary/aromatic N) is 2. The number of halogens is 1. The zero-order valence-electron chi connectivity index (χ0n) is 9.40. The van der Waals surface area contributed by atoms with E-state index in [-0.39, 0.29) is 0 Å². The average molecular weight is 289 g/mol. The van der Waals surface area contributed by atoms with Crippen LogP contribution in [0, 0.1) is 5.92 Å². The first-order valence-corrected chi connectivity index (χ1v) is 6.40. The summed E-state index contributed by atoms with van der Waals surface area (Å²) in [7, 11) is 1.67. The topological polar surface area (TPSA) is 47.3 Å². The molecule has 1 aliphatic carbocycles. The number of aromatic nitrogens is 2. The van der Waals surface area contributed by atoms with Gasteiger partial charge in [-0.05, 0) is 28.3 Å².